The maximum absolute atomic E-state index is 2.44. The summed E-state index contributed by atoms with van der Waals surface area (Å²) in [5, 5.41) is 5.06. The normalized spacial score (nSPS) is 12.8. The van der Waals surface area contributed by atoms with Gasteiger partial charge in [0.05, 0.1) is 11.0 Å². The van der Waals surface area contributed by atoms with Crippen LogP contribution in [0, 0.1) is 0 Å². The third-order valence-electron chi connectivity index (χ3n) is 15.2. The van der Waals surface area contributed by atoms with Gasteiger partial charge in [0, 0.05) is 42.0 Å². The van der Waals surface area contributed by atoms with Crippen LogP contribution < -0.4 is 0 Å². The molecule has 2 aromatic heterocycles. The molecule has 0 N–H and O–H groups in total. The van der Waals surface area contributed by atoms with Crippen LogP contribution in [-0.2, 0) is 5.41 Å². The van der Waals surface area contributed by atoms with Gasteiger partial charge in [0.2, 0.25) is 0 Å². The lowest BCUT2D eigenvalue weighted by Crippen LogP contribution is -2.14. The molecular formula is C69H47NS. The summed E-state index contributed by atoms with van der Waals surface area (Å²) in [6.45, 7) is 4.73. The molecule has 2 heterocycles. The third kappa shape index (κ3) is 6.74. The molecule has 1 aliphatic carbocycles. The first-order valence-electron chi connectivity index (χ1n) is 24.6. The average Bonchev–Trinajstić information content (AvgIpc) is 4.06. The number of hydrogen-bond donors (Lipinski definition) is 0. The van der Waals surface area contributed by atoms with E-state index in [9.17, 15) is 0 Å². The molecule has 0 radical (unpaired) electrons. The summed E-state index contributed by atoms with van der Waals surface area (Å²) < 4.78 is 5.04. The van der Waals surface area contributed by atoms with Crippen molar-refractivity contribution in [3.8, 4) is 83.6 Å². The molecule has 2 heteroatoms. The van der Waals surface area contributed by atoms with Crippen LogP contribution in [0.25, 0.3) is 126 Å². The predicted octanol–water partition coefficient (Wildman–Crippen LogP) is 19.5. The zero-order chi connectivity index (χ0) is 47.2. The number of fused-ring (bicyclic) bond motifs is 9. The number of benzene rings is 11. The minimum atomic E-state index is -0.0735. The summed E-state index contributed by atoms with van der Waals surface area (Å²) in [4.78, 5) is 0. The van der Waals surface area contributed by atoms with Crippen LogP contribution >= 0.6 is 11.3 Å². The highest BCUT2D eigenvalue weighted by Gasteiger charge is 2.35. The monoisotopic (exact) mass is 921 g/mol. The van der Waals surface area contributed by atoms with Crippen LogP contribution in [0.1, 0.15) is 25.0 Å². The molecule has 0 fully saturated rings. The number of rotatable bonds is 7. The van der Waals surface area contributed by atoms with Gasteiger partial charge in [-0.3, -0.25) is 0 Å². The second-order valence-electron chi connectivity index (χ2n) is 19.6. The first kappa shape index (κ1) is 41.4. The molecule has 0 saturated heterocycles. The van der Waals surface area contributed by atoms with Gasteiger partial charge in [-0.1, -0.05) is 196 Å². The molecule has 0 unspecified atom stereocenters. The molecule has 13 aromatic rings. The molecule has 11 aromatic carbocycles. The lowest BCUT2D eigenvalue weighted by atomic mass is 9.81. The average molecular weight is 922 g/mol. The summed E-state index contributed by atoms with van der Waals surface area (Å²) in [5.41, 5.74) is 23.5. The van der Waals surface area contributed by atoms with Crippen molar-refractivity contribution in [1.82, 2.24) is 4.57 Å². The Bertz CT molecular complexity index is 4230. The van der Waals surface area contributed by atoms with Gasteiger partial charge < -0.3 is 4.57 Å². The molecule has 1 nitrogen and oxygen atoms in total. The second-order valence-corrected chi connectivity index (χ2v) is 20.7. The molecule has 0 atom stereocenters. The summed E-state index contributed by atoms with van der Waals surface area (Å²) in [6.07, 6.45) is 0. The number of hydrogen-bond acceptors (Lipinski definition) is 1. The van der Waals surface area contributed by atoms with Crippen LogP contribution in [0.2, 0.25) is 0 Å². The van der Waals surface area contributed by atoms with Crippen LogP contribution in [0.4, 0.5) is 0 Å². The van der Waals surface area contributed by atoms with Crippen molar-refractivity contribution in [2.75, 3.05) is 0 Å². The van der Waals surface area contributed by atoms with Gasteiger partial charge in [0.1, 0.15) is 0 Å². The lowest BCUT2D eigenvalue weighted by molar-refractivity contribution is 0.660. The molecule has 0 saturated carbocycles. The van der Waals surface area contributed by atoms with E-state index in [1.807, 2.05) is 11.3 Å². The van der Waals surface area contributed by atoms with E-state index in [4.69, 9.17) is 0 Å². The molecule has 0 amide bonds. The number of thiophene rings is 1. The van der Waals surface area contributed by atoms with Crippen molar-refractivity contribution in [2.24, 2.45) is 0 Å². The highest BCUT2D eigenvalue weighted by molar-refractivity contribution is 7.26. The minimum absolute atomic E-state index is 0.0735. The van der Waals surface area contributed by atoms with Gasteiger partial charge in [0.25, 0.3) is 0 Å². The van der Waals surface area contributed by atoms with Gasteiger partial charge >= 0.3 is 0 Å². The highest BCUT2D eigenvalue weighted by atomic mass is 32.1. The maximum Gasteiger partial charge on any atom is 0.0541 e. The Labute approximate surface area is 418 Å². The fourth-order valence-corrected chi connectivity index (χ4v) is 13.0. The molecule has 1 aliphatic rings. The van der Waals surface area contributed by atoms with E-state index in [1.54, 1.807) is 0 Å². The number of nitrogens with zero attached hydrogens (tertiary/aromatic N) is 1. The van der Waals surface area contributed by atoms with E-state index < -0.39 is 0 Å². The van der Waals surface area contributed by atoms with Gasteiger partial charge in [0.15, 0.2) is 0 Å². The first-order chi connectivity index (χ1) is 34.9. The molecule has 0 aliphatic heterocycles. The Morgan fingerprint density at radius 1 is 0.282 bits per heavy atom. The smallest absolute Gasteiger partial charge is 0.0541 e. The number of aromatic nitrogens is 1. The summed E-state index contributed by atoms with van der Waals surface area (Å²) in [6, 6.07) is 92.5. The molecule has 334 valence electrons. The van der Waals surface area contributed by atoms with Crippen molar-refractivity contribution in [2.45, 2.75) is 19.3 Å². The zero-order valence-electron chi connectivity index (χ0n) is 39.5. The van der Waals surface area contributed by atoms with Crippen LogP contribution in [0.3, 0.4) is 0 Å². The quantitative estimate of drug-likeness (QED) is 0.150. The van der Waals surface area contributed by atoms with Crippen LogP contribution in [0.15, 0.2) is 249 Å². The van der Waals surface area contributed by atoms with Crippen LogP contribution in [0.5, 0.6) is 0 Å². The Morgan fingerprint density at radius 3 is 1.38 bits per heavy atom. The van der Waals surface area contributed by atoms with Gasteiger partial charge in [-0.15, -0.1) is 11.3 Å². The van der Waals surface area contributed by atoms with Gasteiger partial charge in [-0.2, -0.15) is 0 Å². The third-order valence-corrected chi connectivity index (χ3v) is 16.5. The zero-order valence-corrected chi connectivity index (χ0v) is 40.3. The standard InChI is InChI=1S/C69H47NS/c1-69(2)63-30-13-12-25-57(63)58-34-31-50(43-64(58)69)46-21-14-22-47(37-46)51-38-52(40-53(39-51)56-27-16-29-60-59-28-15-26-55(67(59)71-68(56)60)45-19-8-4-9-20-45)49-33-36-66-62(42-49)61-41-48(44-17-6-3-7-18-44)32-35-65(61)70(66)54-23-10-5-11-24-54/h3-43H,1-2H3. The van der Waals surface area contributed by atoms with Crippen molar-refractivity contribution in [1.29, 1.82) is 0 Å². The lowest BCUT2D eigenvalue weighted by Gasteiger charge is -2.22. The maximum atomic E-state index is 2.44. The van der Waals surface area contributed by atoms with Crippen molar-refractivity contribution in [3.63, 3.8) is 0 Å². The van der Waals surface area contributed by atoms with Gasteiger partial charge in [-0.25, -0.2) is 0 Å². The van der Waals surface area contributed by atoms with Crippen molar-refractivity contribution in [3.05, 3.63) is 260 Å². The van der Waals surface area contributed by atoms with Crippen LogP contribution in [-0.4, -0.2) is 4.57 Å². The first-order valence-corrected chi connectivity index (χ1v) is 25.5. The second kappa shape index (κ2) is 16.3. The predicted molar refractivity (Wildman–Crippen MR) is 304 cm³/mol. The summed E-state index contributed by atoms with van der Waals surface area (Å²) in [5.74, 6) is 0. The summed E-state index contributed by atoms with van der Waals surface area (Å²) in [7, 11) is 0. The number of para-hydroxylation sites is 1. The molecule has 0 spiro atoms. The highest BCUT2D eigenvalue weighted by Crippen LogP contribution is 2.50. The SMILES string of the molecule is CC1(C)c2ccccc2-c2ccc(-c3cccc(-c4cc(-c5ccc6c(c5)c5cc(-c7ccccc7)ccc5n6-c5ccccc5)cc(-c5cccc6c5sc5c(-c7ccccc7)cccc56)c4)c3)cc21. The molecule has 71 heavy (non-hydrogen) atoms. The van der Waals surface area contributed by atoms with E-state index in [-0.39, 0.29) is 5.41 Å². The Kier molecular flexibility index (Phi) is 9.49. The Hall–Kier alpha value is -8.56. The van der Waals surface area contributed by atoms with E-state index in [0.717, 1.165) is 5.69 Å². The van der Waals surface area contributed by atoms with E-state index in [2.05, 4.69) is 267 Å². The van der Waals surface area contributed by atoms with Crippen molar-refractivity contribution >= 4 is 53.3 Å². The van der Waals surface area contributed by atoms with E-state index in [1.165, 1.54) is 131 Å². The Balaban J connectivity index is 0.972. The topological polar surface area (TPSA) is 4.93 Å². The minimum Gasteiger partial charge on any atom is -0.309 e. The Morgan fingerprint density at radius 2 is 0.718 bits per heavy atom. The summed E-state index contributed by atoms with van der Waals surface area (Å²) >= 11 is 1.91. The largest absolute Gasteiger partial charge is 0.309 e. The molecular weight excluding hydrogens is 875 g/mol. The molecule has 14 rings (SSSR count). The fourth-order valence-electron chi connectivity index (χ4n) is 11.6. The van der Waals surface area contributed by atoms with Crippen molar-refractivity contribution < 1.29 is 0 Å². The van der Waals surface area contributed by atoms with Gasteiger partial charge in [-0.05, 0) is 156 Å². The van der Waals surface area contributed by atoms with E-state index in [0.29, 0.717) is 0 Å². The fraction of sp³-hybridized carbons (Fsp3) is 0.0435. The molecule has 0 bridgehead atoms. The van der Waals surface area contributed by atoms with E-state index >= 15 is 0 Å².